The summed E-state index contributed by atoms with van der Waals surface area (Å²) in [6, 6.07) is 16.3. The first-order chi connectivity index (χ1) is 13.5. The number of carbonyl (C=O) groups excluding carboxylic acids is 1. The van der Waals surface area contributed by atoms with Crippen molar-refractivity contribution < 1.29 is 9.32 Å². The van der Waals surface area contributed by atoms with Crippen LogP contribution in [0.15, 0.2) is 57.9 Å². The molecule has 5 nitrogen and oxygen atoms in total. The standard InChI is InChI=1S/C22H23N3O2S/c1-14(2)15-4-8-18(9-5-15)25-13-17(12-20(25)26)22-23-21(24-27-22)16-6-10-19(28-3)11-7-16/h4-11,14,17H,12-13H2,1-3H3. The van der Waals surface area contributed by atoms with E-state index in [1.165, 1.54) is 10.5 Å². The van der Waals surface area contributed by atoms with Crippen LogP contribution in [0.1, 0.15) is 43.6 Å². The summed E-state index contributed by atoms with van der Waals surface area (Å²) >= 11 is 1.69. The van der Waals surface area contributed by atoms with Gasteiger partial charge in [0.25, 0.3) is 0 Å². The SMILES string of the molecule is CSc1ccc(-c2noc(C3CC(=O)N(c4ccc(C(C)C)cc4)C3)n2)cc1. The highest BCUT2D eigenvalue weighted by molar-refractivity contribution is 7.98. The molecule has 1 atom stereocenters. The number of anilines is 1. The van der Waals surface area contributed by atoms with E-state index in [0.717, 1.165) is 11.3 Å². The monoisotopic (exact) mass is 393 g/mol. The Labute approximate surface area is 169 Å². The summed E-state index contributed by atoms with van der Waals surface area (Å²) in [7, 11) is 0. The van der Waals surface area contributed by atoms with E-state index < -0.39 is 0 Å². The summed E-state index contributed by atoms with van der Waals surface area (Å²) in [5.74, 6) is 1.57. The van der Waals surface area contributed by atoms with Crippen molar-refractivity contribution in [2.45, 2.75) is 37.0 Å². The predicted molar refractivity (Wildman–Crippen MR) is 112 cm³/mol. The molecule has 2 aromatic carbocycles. The quantitative estimate of drug-likeness (QED) is 0.564. The van der Waals surface area contributed by atoms with Gasteiger partial charge >= 0.3 is 0 Å². The maximum absolute atomic E-state index is 12.6. The molecule has 2 heterocycles. The van der Waals surface area contributed by atoms with Crippen molar-refractivity contribution in [1.82, 2.24) is 10.1 Å². The second kappa shape index (κ2) is 7.80. The highest BCUT2D eigenvalue weighted by atomic mass is 32.2. The van der Waals surface area contributed by atoms with Crippen LogP contribution in [0.2, 0.25) is 0 Å². The van der Waals surface area contributed by atoms with Gasteiger partial charge in [0.05, 0.1) is 5.92 Å². The van der Waals surface area contributed by atoms with Crippen molar-refractivity contribution in [3.05, 3.63) is 60.0 Å². The molecule has 0 radical (unpaired) electrons. The lowest BCUT2D eigenvalue weighted by atomic mass is 10.0. The van der Waals surface area contributed by atoms with Gasteiger partial charge in [-0.3, -0.25) is 4.79 Å². The minimum absolute atomic E-state index is 0.0796. The molecule has 0 N–H and O–H groups in total. The third-order valence-corrected chi connectivity index (χ3v) is 5.88. The van der Waals surface area contributed by atoms with Crippen LogP contribution < -0.4 is 4.90 Å². The zero-order chi connectivity index (χ0) is 19.7. The first-order valence-corrected chi connectivity index (χ1v) is 10.7. The lowest BCUT2D eigenvalue weighted by Gasteiger charge is -2.17. The average molecular weight is 394 g/mol. The van der Waals surface area contributed by atoms with Crippen LogP contribution in [0.25, 0.3) is 11.4 Å². The molecule has 1 fully saturated rings. The smallest absolute Gasteiger partial charge is 0.232 e. The van der Waals surface area contributed by atoms with E-state index in [-0.39, 0.29) is 11.8 Å². The fourth-order valence-corrected chi connectivity index (χ4v) is 3.83. The van der Waals surface area contributed by atoms with Crippen molar-refractivity contribution in [2.24, 2.45) is 0 Å². The number of benzene rings is 2. The molecule has 0 bridgehead atoms. The zero-order valence-corrected chi connectivity index (χ0v) is 17.1. The van der Waals surface area contributed by atoms with Crippen molar-refractivity contribution in [3.63, 3.8) is 0 Å². The molecule has 1 amide bonds. The van der Waals surface area contributed by atoms with E-state index in [2.05, 4.69) is 36.1 Å². The maximum atomic E-state index is 12.6. The van der Waals surface area contributed by atoms with Crippen LogP contribution in [0.3, 0.4) is 0 Å². The number of thioether (sulfide) groups is 1. The molecule has 1 saturated heterocycles. The number of nitrogens with zero attached hydrogens (tertiary/aromatic N) is 3. The molecule has 4 rings (SSSR count). The fourth-order valence-electron chi connectivity index (χ4n) is 3.42. The molecule has 3 aromatic rings. The molecule has 6 heteroatoms. The molecule has 1 aliphatic rings. The molecule has 28 heavy (non-hydrogen) atoms. The second-order valence-corrected chi connectivity index (χ2v) is 8.22. The van der Waals surface area contributed by atoms with Gasteiger partial charge in [-0.1, -0.05) is 31.1 Å². The van der Waals surface area contributed by atoms with Gasteiger partial charge in [0, 0.05) is 29.1 Å². The summed E-state index contributed by atoms with van der Waals surface area (Å²) < 4.78 is 5.50. The highest BCUT2D eigenvalue weighted by Gasteiger charge is 2.35. The van der Waals surface area contributed by atoms with Crippen LogP contribution in [-0.2, 0) is 4.79 Å². The van der Waals surface area contributed by atoms with Gasteiger partial charge in [0.1, 0.15) is 0 Å². The van der Waals surface area contributed by atoms with Crippen molar-refractivity contribution >= 4 is 23.4 Å². The van der Waals surface area contributed by atoms with E-state index in [0.29, 0.717) is 30.6 Å². The van der Waals surface area contributed by atoms with Gasteiger partial charge in [0.2, 0.25) is 17.6 Å². The Balaban J connectivity index is 1.50. The second-order valence-electron chi connectivity index (χ2n) is 7.34. The highest BCUT2D eigenvalue weighted by Crippen LogP contribution is 2.32. The van der Waals surface area contributed by atoms with Crippen LogP contribution in [0.5, 0.6) is 0 Å². The Morgan fingerprint density at radius 2 is 1.82 bits per heavy atom. The van der Waals surface area contributed by atoms with E-state index in [1.54, 1.807) is 11.8 Å². The van der Waals surface area contributed by atoms with Crippen LogP contribution in [0.4, 0.5) is 5.69 Å². The zero-order valence-electron chi connectivity index (χ0n) is 16.3. The molecule has 144 valence electrons. The van der Waals surface area contributed by atoms with Crippen molar-refractivity contribution in [2.75, 3.05) is 17.7 Å². The van der Waals surface area contributed by atoms with Gasteiger partial charge in [-0.15, -0.1) is 11.8 Å². The fraction of sp³-hybridized carbons (Fsp3) is 0.318. The van der Waals surface area contributed by atoms with Gasteiger partial charge in [-0.2, -0.15) is 4.98 Å². The normalized spacial score (nSPS) is 16.9. The van der Waals surface area contributed by atoms with Crippen molar-refractivity contribution in [1.29, 1.82) is 0 Å². The Kier molecular flexibility index (Phi) is 5.22. The van der Waals surface area contributed by atoms with Crippen LogP contribution >= 0.6 is 11.8 Å². The summed E-state index contributed by atoms with van der Waals surface area (Å²) in [6.45, 7) is 4.88. The summed E-state index contributed by atoms with van der Waals surface area (Å²) in [5, 5.41) is 4.12. The Morgan fingerprint density at radius 1 is 1.11 bits per heavy atom. The lowest BCUT2D eigenvalue weighted by Crippen LogP contribution is -2.24. The van der Waals surface area contributed by atoms with E-state index >= 15 is 0 Å². The summed E-state index contributed by atoms with van der Waals surface area (Å²) in [6.07, 6.45) is 2.43. The number of hydrogen-bond acceptors (Lipinski definition) is 5. The third-order valence-electron chi connectivity index (χ3n) is 5.14. The maximum Gasteiger partial charge on any atom is 0.232 e. The topological polar surface area (TPSA) is 59.2 Å². The first-order valence-electron chi connectivity index (χ1n) is 9.43. The minimum atomic E-state index is -0.0796. The number of amides is 1. The number of carbonyl (C=O) groups is 1. The minimum Gasteiger partial charge on any atom is -0.339 e. The molecule has 1 aromatic heterocycles. The van der Waals surface area contributed by atoms with Gasteiger partial charge in [-0.05, 0) is 54.1 Å². The average Bonchev–Trinajstić information content (AvgIpc) is 3.35. The van der Waals surface area contributed by atoms with Gasteiger partial charge in [-0.25, -0.2) is 0 Å². The number of rotatable bonds is 5. The lowest BCUT2D eigenvalue weighted by molar-refractivity contribution is -0.117. The molecule has 0 spiro atoms. The van der Waals surface area contributed by atoms with Crippen LogP contribution in [0, 0.1) is 0 Å². The summed E-state index contributed by atoms with van der Waals surface area (Å²) in [5.41, 5.74) is 3.10. The molecule has 0 saturated carbocycles. The van der Waals surface area contributed by atoms with Gasteiger partial charge < -0.3 is 9.42 Å². The number of aromatic nitrogens is 2. The van der Waals surface area contributed by atoms with E-state index in [1.807, 2.05) is 47.6 Å². The predicted octanol–water partition coefficient (Wildman–Crippen LogP) is 5.10. The molecular weight excluding hydrogens is 370 g/mol. The van der Waals surface area contributed by atoms with E-state index in [4.69, 9.17) is 4.52 Å². The molecule has 0 aliphatic carbocycles. The van der Waals surface area contributed by atoms with Crippen molar-refractivity contribution in [3.8, 4) is 11.4 Å². The van der Waals surface area contributed by atoms with Gasteiger partial charge in [0.15, 0.2) is 0 Å². The molecule has 1 unspecified atom stereocenters. The number of hydrogen-bond donors (Lipinski definition) is 0. The first kappa shape index (κ1) is 18.7. The molecular formula is C22H23N3O2S. The Hall–Kier alpha value is -2.60. The largest absolute Gasteiger partial charge is 0.339 e. The third kappa shape index (κ3) is 3.69. The Morgan fingerprint density at radius 3 is 2.46 bits per heavy atom. The molecule has 1 aliphatic heterocycles. The van der Waals surface area contributed by atoms with Crippen LogP contribution in [-0.4, -0.2) is 28.8 Å². The summed E-state index contributed by atoms with van der Waals surface area (Å²) in [4.78, 5) is 20.1. The van der Waals surface area contributed by atoms with E-state index in [9.17, 15) is 4.79 Å². The Bertz CT molecular complexity index is 964.